The van der Waals surface area contributed by atoms with Gasteiger partial charge in [-0.2, -0.15) is 11.8 Å². The molecule has 106 valence electrons. The Morgan fingerprint density at radius 1 is 1.53 bits per heavy atom. The zero-order chi connectivity index (χ0) is 13.8. The maximum atomic E-state index is 14.1. The number of nitrogens with one attached hydrogen (secondary N) is 1. The van der Waals surface area contributed by atoms with Gasteiger partial charge in [-0.15, -0.1) is 0 Å². The van der Waals surface area contributed by atoms with Crippen LogP contribution in [-0.2, 0) is 0 Å². The largest absolute Gasteiger partial charge is 0.369 e. The Morgan fingerprint density at radius 2 is 2.32 bits per heavy atom. The van der Waals surface area contributed by atoms with Crippen LogP contribution in [0, 0.1) is 5.82 Å². The third-order valence-corrected chi connectivity index (χ3v) is 5.20. The van der Waals surface area contributed by atoms with Crippen molar-refractivity contribution in [3.05, 3.63) is 29.6 Å². The molecule has 0 bridgehead atoms. The smallest absolute Gasteiger partial charge is 0.130 e. The van der Waals surface area contributed by atoms with Crippen LogP contribution in [0.5, 0.6) is 0 Å². The summed E-state index contributed by atoms with van der Waals surface area (Å²) in [5.74, 6) is 1.02. The standard InChI is InChI=1S/C15H23FN2S/c1-4-12-10-18(8-9-19-12)14-7-5-6-13(16)15(14)11(2)17-3/h5-7,11-12,17H,4,8-10H2,1-3H3. The Balaban J connectivity index is 2.30. The van der Waals surface area contributed by atoms with Gasteiger partial charge in [0.05, 0.1) is 0 Å². The minimum Gasteiger partial charge on any atom is -0.369 e. The van der Waals surface area contributed by atoms with Crippen molar-refractivity contribution >= 4 is 17.4 Å². The average molecular weight is 282 g/mol. The summed E-state index contributed by atoms with van der Waals surface area (Å²) in [5.41, 5.74) is 1.85. The molecule has 0 spiro atoms. The van der Waals surface area contributed by atoms with Gasteiger partial charge in [-0.3, -0.25) is 0 Å². The first-order valence-corrected chi connectivity index (χ1v) is 8.04. The number of rotatable bonds is 4. The molecule has 0 radical (unpaired) electrons. The molecule has 1 aliphatic heterocycles. The molecule has 2 nitrogen and oxygen atoms in total. The summed E-state index contributed by atoms with van der Waals surface area (Å²) in [6.45, 7) is 6.27. The van der Waals surface area contributed by atoms with Crippen molar-refractivity contribution in [2.45, 2.75) is 31.6 Å². The lowest BCUT2D eigenvalue weighted by molar-refractivity contribution is 0.559. The summed E-state index contributed by atoms with van der Waals surface area (Å²) in [6, 6.07) is 5.46. The van der Waals surface area contributed by atoms with Gasteiger partial charge in [0, 0.05) is 41.4 Å². The monoisotopic (exact) mass is 282 g/mol. The second-order valence-electron chi connectivity index (χ2n) is 5.03. The van der Waals surface area contributed by atoms with Crippen molar-refractivity contribution in [1.29, 1.82) is 0 Å². The average Bonchev–Trinajstić information content (AvgIpc) is 2.46. The van der Waals surface area contributed by atoms with E-state index in [9.17, 15) is 4.39 Å². The third kappa shape index (κ3) is 3.23. The minimum absolute atomic E-state index is 0.0332. The first kappa shape index (κ1) is 14.7. The van der Waals surface area contributed by atoms with Crippen LogP contribution in [0.1, 0.15) is 31.9 Å². The van der Waals surface area contributed by atoms with Crippen molar-refractivity contribution in [3.8, 4) is 0 Å². The quantitative estimate of drug-likeness (QED) is 0.911. The van der Waals surface area contributed by atoms with Gasteiger partial charge in [0.1, 0.15) is 5.82 Å². The van der Waals surface area contributed by atoms with Crippen molar-refractivity contribution < 1.29 is 4.39 Å². The molecule has 1 aromatic carbocycles. The highest BCUT2D eigenvalue weighted by atomic mass is 32.2. The molecule has 0 aromatic heterocycles. The molecular formula is C15H23FN2S. The van der Waals surface area contributed by atoms with E-state index < -0.39 is 0 Å². The van der Waals surface area contributed by atoms with Gasteiger partial charge in [0.15, 0.2) is 0 Å². The fourth-order valence-electron chi connectivity index (χ4n) is 2.56. The zero-order valence-electron chi connectivity index (χ0n) is 11.9. The predicted octanol–water partition coefficient (Wildman–Crippen LogP) is 3.44. The highest BCUT2D eigenvalue weighted by Gasteiger charge is 2.23. The normalized spacial score (nSPS) is 21.5. The van der Waals surface area contributed by atoms with Crippen molar-refractivity contribution in [2.24, 2.45) is 0 Å². The maximum absolute atomic E-state index is 14.1. The Bertz CT molecular complexity index is 425. The molecule has 2 rings (SSSR count). The molecule has 2 unspecified atom stereocenters. The van der Waals surface area contributed by atoms with E-state index in [1.165, 1.54) is 6.42 Å². The van der Waals surface area contributed by atoms with Gasteiger partial charge in [-0.25, -0.2) is 4.39 Å². The predicted molar refractivity (Wildman–Crippen MR) is 82.6 cm³/mol. The molecule has 19 heavy (non-hydrogen) atoms. The number of benzene rings is 1. The van der Waals surface area contributed by atoms with Gasteiger partial charge in [0.25, 0.3) is 0 Å². The van der Waals surface area contributed by atoms with Crippen LogP contribution in [0.15, 0.2) is 18.2 Å². The van der Waals surface area contributed by atoms with E-state index >= 15 is 0 Å². The number of halogens is 1. The van der Waals surface area contributed by atoms with Crippen LogP contribution in [0.3, 0.4) is 0 Å². The van der Waals surface area contributed by atoms with Crippen LogP contribution in [0.25, 0.3) is 0 Å². The Hall–Kier alpha value is -0.740. The van der Waals surface area contributed by atoms with E-state index in [-0.39, 0.29) is 11.9 Å². The lowest BCUT2D eigenvalue weighted by atomic mass is 10.0. The van der Waals surface area contributed by atoms with Gasteiger partial charge >= 0.3 is 0 Å². The second-order valence-corrected chi connectivity index (χ2v) is 6.44. The first-order chi connectivity index (χ1) is 9.17. The molecule has 2 atom stereocenters. The Kier molecular flexibility index (Phi) is 5.11. The summed E-state index contributed by atoms with van der Waals surface area (Å²) in [5, 5.41) is 3.82. The molecule has 1 aromatic rings. The molecular weight excluding hydrogens is 259 g/mol. The zero-order valence-corrected chi connectivity index (χ0v) is 12.8. The van der Waals surface area contributed by atoms with E-state index in [0.29, 0.717) is 5.25 Å². The lowest BCUT2D eigenvalue weighted by Gasteiger charge is -2.35. The van der Waals surface area contributed by atoms with Crippen LogP contribution < -0.4 is 10.2 Å². The first-order valence-electron chi connectivity index (χ1n) is 6.99. The molecule has 1 N–H and O–H groups in total. The fourth-order valence-corrected chi connectivity index (χ4v) is 3.74. The van der Waals surface area contributed by atoms with Crippen LogP contribution >= 0.6 is 11.8 Å². The van der Waals surface area contributed by atoms with Gasteiger partial charge < -0.3 is 10.2 Å². The molecule has 1 fully saturated rings. The van der Waals surface area contributed by atoms with Crippen LogP contribution in [0.2, 0.25) is 0 Å². The topological polar surface area (TPSA) is 15.3 Å². The fraction of sp³-hybridized carbons (Fsp3) is 0.600. The van der Waals surface area contributed by atoms with E-state index in [1.807, 2.05) is 31.8 Å². The molecule has 0 amide bonds. The number of anilines is 1. The van der Waals surface area contributed by atoms with Gasteiger partial charge in [-0.1, -0.05) is 13.0 Å². The SMILES string of the molecule is CCC1CN(c2cccc(F)c2C(C)NC)CCS1. The minimum atomic E-state index is -0.106. The van der Waals surface area contributed by atoms with E-state index in [4.69, 9.17) is 0 Å². The maximum Gasteiger partial charge on any atom is 0.130 e. The van der Waals surface area contributed by atoms with E-state index in [1.54, 1.807) is 6.07 Å². The third-order valence-electron chi connectivity index (χ3n) is 3.83. The number of thioether (sulfide) groups is 1. The van der Waals surface area contributed by atoms with E-state index in [2.05, 4.69) is 23.2 Å². The van der Waals surface area contributed by atoms with Crippen molar-refractivity contribution in [2.75, 3.05) is 30.8 Å². The molecule has 4 heteroatoms. The molecule has 1 aliphatic rings. The lowest BCUT2D eigenvalue weighted by Crippen LogP contribution is -2.38. The Labute approximate surface area is 119 Å². The summed E-state index contributed by atoms with van der Waals surface area (Å²) in [6.07, 6.45) is 1.17. The number of nitrogens with zero attached hydrogens (tertiary/aromatic N) is 1. The summed E-state index contributed by atoms with van der Waals surface area (Å²) < 4.78 is 14.1. The van der Waals surface area contributed by atoms with Crippen LogP contribution in [-0.4, -0.2) is 31.1 Å². The molecule has 1 saturated heterocycles. The highest BCUT2D eigenvalue weighted by molar-refractivity contribution is 8.00. The highest BCUT2D eigenvalue weighted by Crippen LogP contribution is 2.32. The summed E-state index contributed by atoms with van der Waals surface area (Å²) in [7, 11) is 1.88. The molecule has 0 aliphatic carbocycles. The van der Waals surface area contributed by atoms with Gasteiger partial charge in [-0.05, 0) is 32.5 Å². The molecule has 1 heterocycles. The number of hydrogen-bond donors (Lipinski definition) is 1. The Morgan fingerprint density at radius 3 is 3.00 bits per heavy atom. The number of hydrogen-bond acceptors (Lipinski definition) is 3. The van der Waals surface area contributed by atoms with Crippen molar-refractivity contribution in [3.63, 3.8) is 0 Å². The van der Waals surface area contributed by atoms with Crippen LogP contribution in [0.4, 0.5) is 10.1 Å². The summed E-state index contributed by atoms with van der Waals surface area (Å²) in [4.78, 5) is 2.34. The van der Waals surface area contributed by atoms with E-state index in [0.717, 1.165) is 30.1 Å². The van der Waals surface area contributed by atoms with Gasteiger partial charge in [0.2, 0.25) is 0 Å². The second kappa shape index (κ2) is 6.62. The molecule has 0 saturated carbocycles. The summed E-state index contributed by atoms with van der Waals surface area (Å²) >= 11 is 2.03. The van der Waals surface area contributed by atoms with Crippen molar-refractivity contribution in [1.82, 2.24) is 5.32 Å².